The van der Waals surface area contributed by atoms with Gasteiger partial charge < -0.3 is 0 Å². The predicted octanol–water partition coefficient (Wildman–Crippen LogP) is 3.92. The van der Waals surface area contributed by atoms with Gasteiger partial charge in [0, 0.05) is 11.1 Å². The van der Waals surface area contributed by atoms with Gasteiger partial charge in [-0.3, -0.25) is 9.59 Å². The van der Waals surface area contributed by atoms with E-state index >= 15 is 0 Å². The molecule has 0 amide bonds. The second kappa shape index (κ2) is 7.27. The second-order valence-electron chi connectivity index (χ2n) is 4.46. The number of carbonyl (C=O) groups excluding carboxylic acids is 2. The summed E-state index contributed by atoms with van der Waals surface area (Å²) < 4.78 is 0. The highest BCUT2D eigenvalue weighted by Crippen LogP contribution is 2.13. The minimum atomic E-state index is 0.729. The molecule has 98 valence electrons. The molecule has 0 aromatic heterocycles. The molecule has 2 heteroatoms. The van der Waals surface area contributed by atoms with Crippen LogP contribution in [0.4, 0.5) is 0 Å². The second-order valence-corrected chi connectivity index (χ2v) is 4.46. The fraction of sp³-hybridized carbons (Fsp3) is 0.176. The minimum absolute atomic E-state index is 0.729. The monoisotopic (exact) mass is 254 g/mol. The van der Waals surface area contributed by atoms with Crippen LogP contribution in [0.2, 0.25) is 0 Å². The molecule has 0 saturated carbocycles. The molecule has 2 rings (SSSR count). The van der Waals surface area contributed by atoms with Crippen LogP contribution in [-0.4, -0.2) is 12.6 Å². The molecule has 0 saturated heterocycles. The van der Waals surface area contributed by atoms with Gasteiger partial charge in [-0.05, 0) is 31.9 Å². The molecule has 0 aliphatic carbocycles. The first-order valence-electron chi connectivity index (χ1n) is 6.11. The normalized spacial score (nSPS) is 9.21. The fourth-order valence-electron chi connectivity index (χ4n) is 1.91. The summed E-state index contributed by atoms with van der Waals surface area (Å²) in [5.74, 6) is 0. The molecule has 0 aliphatic heterocycles. The molecule has 19 heavy (non-hydrogen) atoms. The van der Waals surface area contributed by atoms with Gasteiger partial charge in [-0.15, -0.1) is 0 Å². The summed E-state index contributed by atoms with van der Waals surface area (Å²) in [5, 5.41) is 0. The summed E-state index contributed by atoms with van der Waals surface area (Å²) in [4.78, 5) is 20.6. The van der Waals surface area contributed by atoms with Gasteiger partial charge in [0.1, 0.15) is 6.29 Å². The molecule has 2 aromatic rings. The van der Waals surface area contributed by atoms with Crippen LogP contribution >= 0.6 is 0 Å². The summed E-state index contributed by atoms with van der Waals surface area (Å²) in [5.41, 5.74) is 4.91. The van der Waals surface area contributed by atoms with Gasteiger partial charge in [0.15, 0.2) is 6.29 Å². The number of hydrogen-bond acceptors (Lipinski definition) is 2. The van der Waals surface area contributed by atoms with Crippen LogP contribution < -0.4 is 0 Å². The minimum Gasteiger partial charge on any atom is -0.298 e. The van der Waals surface area contributed by atoms with E-state index in [9.17, 15) is 9.59 Å². The van der Waals surface area contributed by atoms with Crippen molar-refractivity contribution in [3.8, 4) is 0 Å². The summed E-state index contributed by atoms with van der Waals surface area (Å²) in [6.45, 7) is 5.96. The molecule has 2 nitrogen and oxygen atoms in total. The highest BCUT2D eigenvalue weighted by molar-refractivity contribution is 5.79. The lowest BCUT2D eigenvalue weighted by molar-refractivity contribution is 0.111. The highest BCUT2D eigenvalue weighted by atomic mass is 16.1. The highest BCUT2D eigenvalue weighted by Gasteiger charge is 2.00. The molecule has 0 radical (unpaired) electrons. The van der Waals surface area contributed by atoms with E-state index in [1.165, 1.54) is 5.56 Å². The average Bonchev–Trinajstić information content (AvgIpc) is 2.40. The third-order valence-corrected chi connectivity index (χ3v) is 2.79. The summed E-state index contributed by atoms with van der Waals surface area (Å²) >= 11 is 0. The van der Waals surface area contributed by atoms with E-state index in [2.05, 4.69) is 0 Å². The first kappa shape index (κ1) is 14.8. The van der Waals surface area contributed by atoms with Gasteiger partial charge >= 0.3 is 0 Å². The van der Waals surface area contributed by atoms with Crippen molar-refractivity contribution >= 4 is 12.6 Å². The Kier molecular flexibility index (Phi) is 5.68. The number of aryl methyl sites for hydroxylation is 3. The fourth-order valence-corrected chi connectivity index (χ4v) is 1.91. The molecule has 0 spiro atoms. The van der Waals surface area contributed by atoms with Crippen LogP contribution in [0.1, 0.15) is 37.4 Å². The molecule has 0 atom stereocenters. The predicted molar refractivity (Wildman–Crippen MR) is 77.9 cm³/mol. The Labute approximate surface area is 114 Å². The lowest BCUT2D eigenvalue weighted by Gasteiger charge is -2.03. The maximum absolute atomic E-state index is 10.6. The molecule has 0 unspecified atom stereocenters. The zero-order chi connectivity index (χ0) is 14.3. The Morgan fingerprint density at radius 2 is 1.32 bits per heavy atom. The van der Waals surface area contributed by atoms with E-state index in [-0.39, 0.29) is 0 Å². The van der Waals surface area contributed by atoms with E-state index in [1.54, 1.807) is 12.1 Å². The van der Waals surface area contributed by atoms with Crippen molar-refractivity contribution in [1.29, 1.82) is 0 Å². The van der Waals surface area contributed by atoms with Crippen LogP contribution in [0.5, 0.6) is 0 Å². The van der Waals surface area contributed by atoms with Crippen molar-refractivity contribution in [2.24, 2.45) is 0 Å². The quantitative estimate of drug-likeness (QED) is 0.761. The van der Waals surface area contributed by atoms with Gasteiger partial charge in [0.25, 0.3) is 0 Å². The SMILES string of the molecule is Cc1cc(C)c(C=O)c(C)c1.O=Cc1ccccc1. The van der Waals surface area contributed by atoms with Crippen LogP contribution in [0.25, 0.3) is 0 Å². The topological polar surface area (TPSA) is 34.1 Å². The Morgan fingerprint density at radius 1 is 0.789 bits per heavy atom. The first-order chi connectivity index (χ1) is 9.08. The smallest absolute Gasteiger partial charge is 0.150 e. The van der Waals surface area contributed by atoms with Crippen LogP contribution in [0.3, 0.4) is 0 Å². The zero-order valence-electron chi connectivity index (χ0n) is 11.5. The Morgan fingerprint density at radius 3 is 1.68 bits per heavy atom. The third-order valence-electron chi connectivity index (χ3n) is 2.79. The van der Waals surface area contributed by atoms with Crippen molar-refractivity contribution in [1.82, 2.24) is 0 Å². The summed E-state index contributed by atoms with van der Waals surface area (Å²) in [7, 11) is 0. The van der Waals surface area contributed by atoms with Crippen LogP contribution in [-0.2, 0) is 0 Å². The standard InChI is InChI=1S/C10H12O.C7H6O/c1-7-4-8(2)10(6-11)9(3)5-7;8-6-7-4-2-1-3-5-7/h4-6H,1-3H3;1-6H. The van der Waals surface area contributed by atoms with Crippen LogP contribution in [0.15, 0.2) is 42.5 Å². The van der Waals surface area contributed by atoms with Crippen molar-refractivity contribution in [2.45, 2.75) is 20.8 Å². The lowest BCUT2D eigenvalue weighted by atomic mass is 10.0. The largest absolute Gasteiger partial charge is 0.298 e. The number of aldehydes is 2. The molecular formula is C17H18O2. The van der Waals surface area contributed by atoms with Gasteiger partial charge in [-0.1, -0.05) is 48.0 Å². The van der Waals surface area contributed by atoms with E-state index in [0.29, 0.717) is 0 Å². The average molecular weight is 254 g/mol. The van der Waals surface area contributed by atoms with E-state index in [1.807, 2.05) is 51.1 Å². The lowest BCUT2D eigenvalue weighted by Crippen LogP contribution is -1.91. The molecular weight excluding hydrogens is 236 g/mol. The van der Waals surface area contributed by atoms with Crippen molar-refractivity contribution in [3.63, 3.8) is 0 Å². The van der Waals surface area contributed by atoms with Gasteiger partial charge in [-0.25, -0.2) is 0 Å². The maximum atomic E-state index is 10.6. The zero-order valence-corrected chi connectivity index (χ0v) is 11.5. The molecule has 0 aliphatic rings. The summed E-state index contributed by atoms with van der Waals surface area (Å²) in [6.07, 6.45) is 1.75. The molecule has 0 fully saturated rings. The van der Waals surface area contributed by atoms with E-state index < -0.39 is 0 Å². The maximum Gasteiger partial charge on any atom is 0.150 e. The van der Waals surface area contributed by atoms with Gasteiger partial charge in [0.2, 0.25) is 0 Å². The molecule has 0 N–H and O–H groups in total. The van der Waals surface area contributed by atoms with Crippen molar-refractivity contribution < 1.29 is 9.59 Å². The first-order valence-corrected chi connectivity index (χ1v) is 6.11. The molecule has 2 aromatic carbocycles. The third kappa shape index (κ3) is 4.51. The number of carbonyl (C=O) groups is 2. The number of rotatable bonds is 2. The Bertz CT molecular complexity index is 534. The number of benzene rings is 2. The Balaban J connectivity index is 0.000000200. The van der Waals surface area contributed by atoms with E-state index in [4.69, 9.17) is 0 Å². The molecule has 0 heterocycles. The van der Waals surface area contributed by atoms with Gasteiger partial charge in [0.05, 0.1) is 0 Å². The number of hydrogen-bond donors (Lipinski definition) is 0. The van der Waals surface area contributed by atoms with Crippen molar-refractivity contribution in [2.75, 3.05) is 0 Å². The van der Waals surface area contributed by atoms with E-state index in [0.717, 1.165) is 34.8 Å². The van der Waals surface area contributed by atoms with Crippen molar-refractivity contribution in [3.05, 3.63) is 70.3 Å². The molecule has 0 bridgehead atoms. The Hall–Kier alpha value is -2.22. The van der Waals surface area contributed by atoms with Crippen LogP contribution in [0, 0.1) is 20.8 Å². The summed E-state index contributed by atoms with van der Waals surface area (Å²) in [6, 6.07) is 13.1. The van der Waals surface area contributed by atoms with Gasteiger partial charge in [-0.2, -0.15) is 0 Å².